The molecule has 1 aromatic carbocycles. The molecule has 0 saturated heterocycles. The van der Waals surface area contributed by atoms with Crippen LogP contribution in [-0.2, 0) is 6.42 Å². The summed E-state index contributed by atoms with van der Waals surface area (Å²) in [7, 11) is 0. The largest absolute Gasteiger partial charge is 0.401 e. The van der Waals surface area contributed by atoms with E-state index >= 15 is 0 Å². The van der Waals surface area contributed by atoms with E-state index < -0.39 is 0 Å². The lowest BCUT2D eigenvalue weighted by Crippen LogP contribution is -2.32. The second kappa shape index (κ2) is 4.44. The molecule has 1 aliphatic heterocycles. The number of terminal acetylenes is 1. The minimum atomic E-state index is 0.549. The number of nitrogens with zero attached hydrogens (tertiary/aromatic N) is 3. The first kappa shape index (κ1) is 12.3. The molecule has 0 unspecified atom stereocenters. The Morgan fingerprint density at radius 3 is 2.70 bits per heavy atom. The van der Waals surface area contributed by atoms with E-state index in [4.69, 9.17) is 18.0 Å². The number of hydrazine groups is 1. The molecule has 0 bridgehead atoms. The maximum Gasteiger partial charge on any atom is 0.134 e. The summed E-state index contributed by atoms with van der Waals surface area (Å²) in [6.07, 6.45) is 7.80. The molecule has 3 rings (SSSR count). The number of rotatable bonds is 0. The van der Waals surface area contributed by atoms with Gasteiger partial charge in [0.25, 0.3) is 0 Å². The molecule has 0 fully saturated rings. The summed E-state index contributed by atoms with van der Waals surface area (Å²) < 4.78 is 1.97. The Hall–Kier alpha value is -2.71. The number of hydrogen-bond donors (Lipinski definition) is 2. The van der Waals surface area contributed by atoms with Crippen molar-refractivity contribution >= 4 is 5.69 Å². The molecule has 1 aliphatic rings. The molecule has 0 aliphatic carbocycles. The maximum absolute atomic E-state index is 6.23. The predicted octanol–water partition coefficient (Wildman–Crippen LogP) is 1.28. The van der Waals surface area contributed by atoms with E-state index in [1.165, 1.54) is 0 Å². The van der Waals surface area contributed by atoms with E-state index in [2.05, 4.69) is 10.9 Å². The van der Waals surface area contributed by atoms with Crippen molar-refractivity contribution in [3.8, 4) is 18.0 Å². The Balaban J connectivity index is 2.35. The first-order chi connectivity index (χ1) is 9.63. The third kappa shape index (κ3) is 1.67. The standard InChI is InChI=1S/C15H15N5/c1-3-11-15-8-14(10(2)16)20(17)13-7-5-4-6-12(13)19(15)9-18-11/h1,4-7,9H,8,16-17H2,2H3/b14-10-. The highest BCUT2D eigenvalue weighted by Crippen LogP contribution is 2.32. The summed E-state index contributed by atoms with van der Waals surface area (Å²) in [5, 5.41) is 1.62. The third-order valence-electron chi connectivity index (χ3n) is 3.48. The number of nitrogens with two attached hydrogens (primary N) is 2. The fourth-order valence-corrected chi connectivity index (χ4v) is 2.46. The van der Waals surface area contributed by atoms with Crippen molar-refractivity contribution in [3.05, 3.63) is 53.4 Å². The molecular formula is C15H15N5. The van der Waals surface area contributed by atoms with Gasteiger partial charge in [0.1, 0.15) is 12.0 Å². The van der Waals surface area contributed by atoms with Gasteiger partial charge in [0, 0.05) is 12.1 Å². The molecule has 0 atom stereocenters. The van der Waals surface area contributed by atoms with Crippen molar-refractivity contribution in [3.63, 3.8) is 0 Å². The molecular weight excluding hydrogens is 250 g/mol. The van der Waals surface area contributed by atoms with Crippen LogP contribution in [-0.4, -0.2) is 9.55 Å². The van der Waals surface area contributed by atoms with Crippen molar-refractivity contribution in [1.82, 2.24) is 9.55 Å². The fourth-order valence-electron chi connectivity index (χ4n) is 2.46. The number of hydrogen-bond acceptors (Lipinski definition) is 4. The average Bonchev–Trinajstić information content (AvgIpc) is 2.81. The molecule has 20 heavy (non-hydrogen) atoms. The van der Waals surface area contributed by atoms with Crippen LogP contribution < -0.4 is 16.6 Å². The van der Waals surface area contributed by atoms with E-state index in [1.54, 1.807) is 11.3 Å². The van der Waals surface area contributed by atoms with Gasteiger partial charge in [-0.1, -0.05) is 12.1 Å². The molecule has 0 amide bonds. The second-order valence-electron chi connectivity index (χ2n) is 4.72. The minimum absolute atomic E-state index is 0.549. The van der Waals surface area contributed by atoms with Crippen molar-refractivity contribution < 1.29 is 0 Å². The quantitative estimate of drug-likeness (QED) is 0.556. The van der Waals surface area contributed by atoms with Crippen LogP contribution in [0.25, 0.3) is 5.69 Å². The third-order valence-corrected chi connectivity index (χ3v) is 3.48. The summed E-state index contributed by atoms with van der Waals surface area (Å²) in [4.78, 5) is 4.28. The first-order valence-electron chi connectivity index (χ1n) is 6.25. The summed E-state index contributed by atoms with van der Waals surface area (Å²) in [5.74, 6) is 8.85. The van der Waals surface area contributed by atoms with Crippen molar-refractivity contribution in [2.45, 2.75) is 13.3 Å². The monoisotopic (exact) mass is 265 g/mol. The molecule has 4 N–H and O–H groups in total. The van der Waals surface area contributed by atoms with Gasteiger partial charge in [0.15, 0.2) is 0 Å². The maximum atomic E-state index is 6.23. The van der Waals surface area contributed by atoms with Crippen molar-refractivity contribution in [1.29, 1.82) is 0 Å². The number of para-hydroxylation sites is 2. The van der Waals surface area contributed by atoms with Gasteiger partial charge in [-0.25, -0.2) is 10.8 Å². The Morgan fingerprint density at radius 1 is 1.35 bits per heavy atom. The zero-order chi connectivity index (χ0) is 14.3. The summed E-state index contributed by atoms with van der Waals surface area (Å²) in [5.41, 5.74) is 10.8. The predicted molar refractivity (Wildman–Crippen MR) is 78.8 cm³/mol. The molecule has 100 valence electrons. The number of imidazole rings is 1. The normalized spacial score (nSPS) is 15.9. The van der Waals surface area contributed by atoms with Gasteiger partial charge in [-0.05, 0) is 25.0 Å². The van der Waals surface area contributed by atoms with E-state index in [1.807, 2.05) is 35.8 Å². The molecule has 0 saturated carbocycles. The molecule has 2 aromatic rings. The number of allylic oxidation sites excluding steroid dienone is 2. The van der Waals surface area contributed by atoms with Crippen LogP contribution in [0.15, 0.2) is 42.0 Å². The Morgan fingerprint density at radius 2 is 2.05 bits per heavy atom. The molecule has 5 heteroatoms. The molecule has 1 aromatic heterocycles. The number of benzene rings is 1. The van der Waals surface area contributed by atoms with Gasteiger partial charge in [0.05, 0.1) is 22.8 Å². The number of fused-ring (bicyclic) bond motifs is 3. The Labute approximate surface area is 117 Å². The molecule has 2 heterocycles. The van der Waals surface area contributed by atoms with Crippen LogP contribution >= 0.6 is 0 Å². The summed E-state index contributed by atoms with van der Waals surface area (Å²) in [6.45, 7) is 1.83. The fraction of sp³-hybridized carbons (Fsp3) is 0.133. The van der Waals surface area contributed by atoms with E-state index in [9.17, 15) is 0 Å². The van der Waals surface area contributed by atoms with Gasteiger partial charge in [0.2, 0.25) is 0 Å². The van der Waals surface area contributed by atoms with Crippen LogP contribution in [0.5, 0.6) is 0 Å². The zero-order valence-corrected chi connectivity index (χ0v) is 11.2. The highest BCUT2D eigenvalue weighted by molar-refractivity contribution is 5.68. The van der Waals surface area contributed by atoms with Gasteiger partial charge in [-0.15, -0.1) is 6.42 Å². The molecule has 5 nitrogen and oxygen atoms in total. The SMILES string of the molecule is C#Cc1ncn2c1C/C(=C(\C)N)N(N)c1ccccc1-2. The van der Waals surface area contributed by atoms with Gasteiger partial charge < -0.3 is 5.73 Å². The minimum Gasteiger partial charge on any atom is -0.401 e. The second-order valence-corrected chi connectivity index (χ2v) is 4.72. The first-order valence-corrected chi connectivity index (χ1v) is 6.25. The van der Waals surface area contributed by atoms with Gasteiger partial charge in [-0.3, -0.25) is 9.58 Å². The van der Waals surface area contributed by atoms with Crippen molar-refractivity contribution in [2.24, 2.45) is 11.6 Å². The number of anilines is 1. The topological polar surface area (TPSA) is 73.1 Å². The number of aromatic nitrogens is 2. The van der Waals surface area contributed by atoms with Crippen LogP contribution in [0, 0.1) is 12.3 Å². The average molecular weight is 265 g/mol. The highest BCUT2D eigenvalue weighted by atomic mass is 15.4. The Kier molecular flexibility index (Phi) is 2.74. The van der Waals surface area contributed by atoms with Crippen molar-refractivity contribution in [2.75, 3.05) is 5.01 Å². The Bertz CT molecular complexity index is 744. The smallest absolute Gasteiger partial charge is 0.134 e. The van der Waals surface area contributed by atoms with Crippen LogP contribution in [0.2, 0.25) is 0 Å². The van der Waals surface area contributed by atoms with Gasteiger partial charge in [-0.2, -0.15) is 0 Å². The van der Waals surface area contributed by atoms with Gasteiger partial charge >= 0.3 is 0 Å². The van der Waals surface area contributed by atoms with Crippen LogP contribution in [0.3, 0.4) is 0 Å². The lowest BCUT2D eigenvalue weighted by atomic mass is 10.1. The van der Waals surface area contributed by atoms with Crippen LogP contribution in [0.4, 0.5) is 5.69 Å². The highest BCUT2D eigenvalue weighted by Gasteiger charge is 2.24. The lowest BCUT2D eigenvalue weighted by molar-refractivity contribution is 0.898. The molecule has 0 spiro atoms. The lowest BCUT2D eigenvalue weighted by Gasteiger charge is -2.22. The molecule has 0 radical (unpaired) electrons. The summed E-state index contributed by atoms with van der Waals surface area (Å²) in [6, 6.07) is 7.82. The van der Waals surface area contributed by atoms with E-state index in [-0.39, 0.29) is 0 Å². The van der Waals surface area contributed by atoms with Crippen LogP contribution in [0.1, 0.15) is 18.3 Å². The zero-order valence-electron chi connectivity index (χ0n) is 11.2. The summed E-state index contributed by atoms with van der Waals surface area (Å²) >= 11 is 0. The van der Waals surface area contributed by atoms with E-state index in [0.29, 0.717) is 17.8 Å². The van der Waals surface area contributed by atoms with E-state index in [0.717, 1.165) is 22.8 Å².